The summed E-state index contributed by atoms with van der Waals surface area (Å²) in [6.45, 7) is -1.55. The van der Waals surface area contributed by atoms with Crippen molar-refractivity contribution in [3.8, 4) is 0 Å². The Morgan fingerprint density at radius 3 is 1.75 bits per heavy atom. The van der Waals surface area contributed by atoms with Gasteiger partial charge in [0.2, 0.25) is 5.91 Å². The molecule has 0 atom stereocenters. The standard InChI is InChI=1S/C6H11NO5/c7-5(12)6(2-8,3-9)1-4(10)11/h8-9H,1-3H2,(H2,7,12)(H,10,11). The molecule has 0 spiro atoms. The minimum Gasteiger partial charge on any atom is -0.481 e. The highest BCUT2D eigenvalue weighted by Gasteiger charge is 2.37. The largest absolute Gasteiger partial charge is 0.481 e. The summed E-state index contributed by atoms with van der Waals surface area (Å²) in [5.41, 5.74) is 3.07. The normalized spacial score (nSPS) is 11.2. The van der Waals surface area contributed by atoms with E-state index in [1.807, 2.05) is 0 Å². The second-order valence-corrected chi connectivity index (χ2v) is 2.53. The van der Waals surface area contributed by atoms with Crippen LogP contribution in [-0.2, 0) is 9.59 Å². The minimum absolute atomic E-state index is 0.671. The van der Waals surface area contributed by atoms with E-state index in [2.05, 4.69) is 0 Å². The van der Waals surface area contributed by atoms with Gasteiger partial charge in [-0.25, -0.2) is 0 Å². The molecule has 0 aliphatic rings. The van der Waals surface area contributed by atoms with Crippen molar-refractivity contribution in [3.63, 3.8) is 0 Å². The molecule has 0 saturated carbocycles. The van der Waals surface area contributed by atoms with Crippen LogP contribution in [-0.4, -0.2) is 40.4 Å². The molecule has 0 aromatic heterocycles. The lowest BCUT2D eigenvalue weighted by Gasteiger charge is -2.23. The third-order valence-corrected chi connectivity index (χ3v) is 1.62. The van der Waals surface area contributed by atoms with Gasteiger partial charge in [0.05, 0.1) is 19.6 Å². The van der Waals surface area contributed by atoms with E-state index in [9.17, 15) is 9.59 Å². The Morgan fingerprint density at radius 2 is 1.67 bits per heavy atom. The topological polar surface area (TPSA) is 121 Å². The number of nitrogens with two attached hydrogens (primary N) is 1. The number of carbonyl (C=O) groups is 2. The Balaban J connectivity index is 4.58. The third kappa shape index (κ3) is 2.18. The van der Waals surface area contributed by atoms with E-state index in [1.165, 1.54) is 0 Å². The predicted octanol–water partition coefficient (Wildman–Crippen LogP) is -2.08. The van der Waals surface area contributed by atoms with Gasteiger partial charge in [-0.3, -0.25) is 9.59 Å². The summed E-state index contributed by atoms with van der Waals surface area (Å²) in [5, 5.41) is 25.7. The smallest absolute Gasteiger partial charge is 0.304 e. The van der Waals surface area contributed by atoms with Crippen molar-refractivity contribution in [3.05, 3.63) is 0 Å². The van der Waals surface area contributed by atoms with Gasteiger partial charge >= 0.3 is 5.97 Å². The highest BCUT2D eigenvalue weighted by atomic mass is 16.4. The summed E-state index contributed by atoms with van der Waals surface area (Å²) in [5.74, 6) is -2.31. The SMILES string of the molecule is NC(=O)C(CO)(CO)CC(=O)O. The molecule has 0 aliphatic heterocycles. The molecule has 70 valence electrons. The highest BCUT2D eigenvalue weighted by Crippen LogP contribution is 2.19. The van der Waals surface area contributed by atoms with Crippen LogP contribution in [0, 0.1) is 5.41 Å². The second kappa shape index (κ2) is 4.03. The van der Waals surface area contributed by atoms with Gasteiger partial charge in [-0.15, -0.1) is 0 Å². The lowest BCUT2D eigenvalue weighted by atomic mass is 9.85. The lowest BCUT2D eigenvalue weighted by Crippen LogP contribution is -2.44. The molecule has 0 fully saturated rings. The van der Waals surface area contributed by atoms with Crippen molar-refractivity contribution >= 4 is 11.9 Å². The first kappa shape index (κ1) is 10.9. The number of amides is 1. The molecule has 6 nitrogen and oxygen atoms in total. The van der Waals surface area contributed by atoms with Crippen LogP contribution in [0.1, 0.15) is 6.42 Å². The molecule has 0 bridgehead atoms. The number of aliphatic hydroxyl groups is 2. The summed E-state index contributed by atoms with van der Waals surface area (Å²) in [6.07, 6.45) is -0.671. The molecular formula is C6H11NO5. The lowest BCUT2D eigenvalue weighted by molar-refractivity contribution is -0.148. The first-order chi connectivity index (χ1) is 5.48. The van der Waals surface area contributed by atoms with Crippen LogP contribution in [0.2, 0.25) is 0 Å². The molecule has 0 aromatic rings. The second-order valence-electron chi connectivity index (χ2n) is 2.53. The molecule has 0 aromatic carbocycles. The summed E-state index contributed by atoms with van der Waals surface area (Å²) in [7, 11) is 0. The first-order valence-electron chi connectivity index (χ1n) is 3.22. The average molecular weight is 177 g/mol. The molecule has 12 heavy (non-hydrogen) atoms. The molecule has 0 radical (unpaired) electrons. The number of aliphatic carboxylic acids is 1. The number of carboxylic acids is 1. The van der Waals surface area contributed by atoms with Gasteiger partial charge in [0, 0.05) is 0 Å². The Labute approximate surface area is 68.6 Å². The zero-order chi connectivity index (χ0) is 9.78. The van der Waals surface area contributed by atoms with Gasteiger partial charge in [-0.2, -0.15) is 0 Å². The number of carbonyl (C=O) groups excluding carboxylic acids is 1. The van der Waals surface area contributed by atoms with E-state index >= 15 is 0 Å². The van der Waals surface area contributed by atoms with Crippen molar-refractivity contribution in [2.24, 2.45) is 11.1 Å². The number of primary amides is 1. The number of rotatable bonds is 5. The Morgan fingerprint density at radius 1 is 1.25 bits per heavy atom. The van der Waals surface area contributed by atoms with Gasteiger partial charge < -0.3 is 21.1 Å². The molecule has 1 amide bonds. The van der Waals surface area contributed by atoms with E-state index < -0.39 is 36.9 Å². The van der Waals surface area contributed by atoms with Crippen molar-refractivity contribution in [1.82, 2.24) is 0 Å². The van der Waals surface area contributed by atoms with Crippen LogP contribution in [0.5, 0.6) is 0 Å². The van der Waals surface area contributed by atoms with Crippen LogP contribution in [0.4, 0.5) is 0 Å². The van der Waals surface area contributed by atoms with Crippen molar-refractivity contribution in [2.45, 2.75) is 6.42 Å². The summed E-state index contributed by atoms with van der Waals surface area (Å²) >= 11 is 0. The van der Waals surface area contributed by atoms with Crippen LogP contribution in [0.3, 0.4) is 0 Å². The zero-order valence-electron chi connectivity index (χ0n) is 6.36. The van der Waals surface area contributed by atoms with Crippen molar-refractivity contribution in [1.29, 1.82) is 0 Å². The van der Waals surface area contributed by atoms with Crippen LogP contribution < -0.4 is 5.73 Å². The number of hydrogen-bond acceptors (Lipinski definition) is 4. The minimum atomic E-state index is -1.74. The number of aliphatic hydroxyl groups excluding tert-OH is 2. The van der Waals surface area contributed by atoms with Crippen molar-refractivity contribution in [2.75, 3.05) is 13.2 Å². The van der Waals surface area contributed by atoms with E-state index in [-0.39, 0.29) is 0 Å². The van der Waals surface area contributed by atoms with E-state index in [0.717, 1.165) is 0 Å². The molecule has 6 heteroatoms. The molecule has 0 saturated heterocycles. The predicted molar refractivity (Wildman–Crippen MR) is 38.1 cm³/mol. The maximum Gasteiger partial charge on any atom is 0.304 e. The van der Waals surface area contributed by atoms with Crippen LogP contribution >= 0.6 is 0 Å². The summed E-state index contributed by atoms with van der Waals surface area (Å²) < 4.78 is 0. The summed E-state index contributed by atoms with van der Waals surface area (Å²) in [6, 6.07) is 0. The van der Waals surface area contributed by atoms with Gasteiger partial charge in [-0.05, 0) is 0 Å². The van der Waals surface area contributed by atoms with Crippen LogP contribution in [0.15, 0.2) is 0 Å². The van der Waals surface area contributed by atoms with Gasteiger partial charge in [0.1, 0.15) is 5.41 Å². The maximum atomic E-state index is 10.7. The van der Waals surface area contributed by atoms with E-state index in [1.54, 1.807) is 0 Å². The fraction of sp³-hybridized carbons (Fsp3) is 0.667. The highest BCUT2D eigenvalue weighted by molar-refractivity contribution is 5.85. The first-order valence-corrected chi connectivity index (χ1v) is 3.22. The molecule has 0 heterocycles. The van der Waals surface area contributed by atoms with E-state index in [0.29, 0.717) is 0 Å². The van der Waals surface area contributed by atoms with Gasteiger partial charge in [0.15, 0.2) is 0 Å². The fourth-order valence-electron chi connectivity index (χ4n) is 0.694. The third-order valence-electron chi connectivity index (χ3n) is 1.62. The Bertz CT molecular complexity index is 186. The molecule has 5 N–H and O–H groups in total. The van der Waals surface area contributed by atoms with E-state index in [4.69, 9.17) is 21.1 Å². The van der Waals surface area contributed by atoms with Crippen molar-refractivity contribution < 1.29 is 24.9 Å². The fourth-order valence-corrected chi connectivity index (χ4v) is 0.694. The monoisotopic (exact) mass is 177 g/mol. The average Bonchev–Trinajstić information content (AvgIpc) is 1.99. The molecule has 0 rings (SSSR count). The molecular weight excluding hydrogens is 166 g/mol. The Hall–Kier alpha value is -1.14. The van der Waals surface area contributed by atoms with Gasteiger partial charge in [-0.1, -0.05) is 0 Å². The molecule has 0 aliphatic carbocycles. The number of carboxylic acid groups (broad SMARTS) is 1. The quantitative estimate of drug-likeness (QED) is 0.384. The maximum absolute atomic E-state index is 10.7. The van der Waals surface area contributed by atoms with Crippen LogP contribution in [0.25, 0.3) is 0 Å². The van der Waals surface area contributed by atoms with Gasteiger partial charge in [0.25, 0.3) is 0 Å². The number of hydrogen-bond donors (Lipinski definition) is 4. The Kier molecular flexibility index (Phi) is 3.65. The zero-order valence-corrected chi connectivity index (χ0v) is 6.36. The molecule has 0 unspecified atom stereocenters. The summed E-state index contributed by atoms with van der Waals surface area (Å²) in [4.78, 5) is 20.9.